The minimum absolute atomic E-state index is 0.197. The van der Waals surface area contributed by atoms with Gasteiger partial charge >= 0.3 is 5.97 Å². The van der Waals surface area contributed by atoms with Gasteiger partial charge in [0, 0.05) is 11.1 Å². The summed E-state index contributed by atoms with van der Waals surface area (Å²) >= 11 is 0. The van der Waals surface area contributed by atoms with Gasteiger partial charge in [-0.1, -0.05) is 18.2 Å². The van der Waals surface area contributed by atoms with E-state index in [4.69, 9.17) is 4.74 Å². The van der Waals surface area contributed by atoms with Crippen molar-refractivity contribution in [3.63, 3.8) is 0 Å². The van der Waals surface area contributed by atoms with Crippen LogP contribution in [0.1, 0.15) is 15.9 Å². The van der Waals surface area contributed by atoms with Crippen molar-refractivity contribution >= 4 is 17.8 Å². The van der Waals surface area contributed by atoms with Gasteiger partial charge in [0.2, 0.25) is 0 Å². The zero-order valence-electron chi connectivity index (χ0n) is 12.5. The average Bonchev–Trinajstić information content (AvgIpc) is 2.59. The van der Waals surface area contributed by atoms with E-state index in [-0.39, 0.29) is 18.2 Å². The number of hydrogen-bond acceptors (Lipinski definition) is 4. The van der Waals surface area contributed by atoms with Gasteiger partial charge in [-0.25, -0.2) is 9.18 Å². The lowest BCUT2D eigenvalue weighted by atomic mass is 10.1. The number of carbonyl (C=O) groups is 2. The number of ketones is 1. The van der Waals surface area contributed by atoms with Gasteiger partial charge in [0.1, 0.15) is 11.6 Å². The molecule has 0 radical (unpaired) electrons. The normalized spacial score (nSPS) is 10.5. The predicted molar refractivity (Wildman–Crippen MR) is 83.7 cm³/mol. The molecule has 4 nitrogen and oxygen atoms in total. The van der Waals surface area contributed by atoms with Crippen LogP contribution in [-0.2, 0) is 9.53 Å². The first-order chi connectivity index (χ1) is 11.1. The first kappa shape index (κ1) is 16.4. The molecule has 2 rings (SSSR count). The lowest BCUT2D eigenvalue weighted by Crippen LogP contribution is -2.12. The molecular formula is C18H15FO4. The third-order valence-electron chi connectivity index (χ3n) is 3.04. The van der Waals surface area contributed by atoms with E-state index in [0.29, 0.717) is 16.9 Å². The standard InChI is InChI=1S/C18H15FO4/c1-22-18(21)12-23-15-9-6-14(7-10-15)17(20)11-8-13-4-2-3-5-16(13)19/h2-11H,12H2,1H3. The Morgan fingerprint density at radius 1 is 1.09 bits per heavy atom. The zero-order chi connectivity index (χ0) is 16.7. The Bertz CT molecular complexity index is 720. The first-order valence-corrected chi connectivity index (χ1v) is 6.87. The molecule has 0 bridgehead atoms. The van der Waals surface area contributed by atoms with Gasteiger partial charge in [-0.2, -0.15) is 0 Å². The molecule has 0 atom stereocenters. The highest BCUT2D eigenvalue weighted by Gasteiger charge is 2.05. The van der Waals surface area contributed by atoms with Crippen LogP contribution < -0.4 is 4.74 Å². The molecule has 0 aliphatic heterocycles. The monoisotopic (exact) mass is 314 g/mol. The molecule has 5 heteroatoms. The Morgan fingerprint density at radius 3 is 2.43 bits per heavy atom. The summed E-state index contributed by atoms with van der Waals surface area (Å²) in [5.41, 5.74) is 0.780. The summed E-state index contributed by atoms with van der Waals surface area (Å²) in [7, 11) is 1.27. The van der Waals surface area contributed by atoms with Crippen LogP contribution in [0, 0.1) is 5.82 Å². The molecule has 0 saturated heterocycles. The average molecular weight is 314 g/mol. The lowest BCUT2D eigenvalue weighted by Gasteiger charge is -2.05. The molecule has 2 aromatic rings. The lowest BCUT2D eigenvalue weighted by molar-refractivity contribution is -0.142. The maximum absolute atomic E-state index is 13.5. The molecule has 0 aliphatic rings. The molecule has 0 aliphatic carbocycles. The van der Waals surface area contributed by atoms with Crippen LogP contribution in [0.3, 0.4) is 0 Å². The zero-order valence-corrected chi connectivity index (χ0v) is 12.5. The Kier molecular flexibility index (Phi) is 5.63. The number of halogens is 1. The van der Waals surface area contributed by atoms with Crippen molar-refractivity contribution in [2.24, 2.45) is 0 Å². The van der Waals surface area contributed by atoms with Gasteiger partial charge in [-0.3, -0.25) is 4.79 Å². The number of esters is 1. The van der Waals surface area contributed by atoms with Crippen LogP contribution in [0.4, 0.5) is 4.39 Å². The fourth-order valence-corrected chi connectivity index (χ4v) is 1.79. The number of methoxy groups -OCH3 is 1. The van der Waals surface area contributed by atoms with Crippen molar-refractivity contribution in [2.45, 2.75) is 0 Å². The Hall–Kier alpha value is -2.95. The van der Waals surface area contributed by atoms with E-state index in [2.05, 4.69) is 4.74 Å². The Labute approximate surface area is 133 Å². The molecule has 0 amide bonds. The largest absolute Gasteiger partial charge is 0.482 e. The fraction of sp³-hybridized carbons (Fsp3) is 0.111. The summed E-state index contributed by atoms with van der Waals surface area (Å²) < 4.78 is 23.1. The van der Waals surface area contributed by atoms with Gasteiger partial charge < -0.3 is 9.47 Å². The van der Waals surface area contributed by atoms with Crippen molar-refractivity contribution in [1.29, 1.82) is 0 Å². The Balaban J connectivity index is 2.00. The number of ether oxygens (including phenoxy) is 2. The third-order valence-corrected chi connectivity index (χ3v) is 3.04. The second-order valence-electron chi connectivity index (χ2n) is 4.61. The minimum Gasteiger partial charge on any atom is -0.482 e. The summed E-state index contributed by atoms with van der Waals surface area (Å²) in [6.07, 6.45) is 2.74. The van der Waals surface area contributed by atoms with E-state index >= 15 is 0 Å². The Morgan fingerprint density at radius 2 is 1.78 bits per heavy atom. The predicted octanol–water partition coefficient (Wildman–Crippen LogP) is 3.27. The third kappa shape index (κ3) is 4.78. The van der Waals surface area contributed by atoms with Crippen LogP contribution in [-0.4, -0.2) is 25.5 Å². The molecule has 23 heavy (non-hydrogen) atoms. The molecule has 0 saturated carbocycles. The van der Waals surface area contributed by atoms with Crippen LogP contribution in [0.5, 0.6) is 5.75 Å². The summed E-state index contributed by atoms with van der Waals surface area (Å²) in [5.74, 6) is -0.682. The van der Waals surface area contributed by atoms with Crippen molar-refractivity contribution in [3.05, 3.63) is 71.6 Å². The van der Waals surface area contributed by atoms with Crippen molar-refractivity contribution in [3.8, 4) is 5.75 Å². The number of allylic oxidation sites excluding steroid dienone is 1. The summed E-state index contributed by atoms with van der Waals surface area (Å²) in [4.78, 5) is 23.0. The van der Waals surface area contributed by atoms with Gasteiger partial charge in [-0.05, 0) is 42.5 Å². The summed E-state index contributed by atoms with van der Waals surface area (Å²) in [5, 5.41) is 0. The molecule has 0 N–H and O–H groups in total. The second kappa shape index (κ2) is 7.89. The van der Waals surface area contributed by atoms with Crippen LogP contribution in [0.2, 0.25) is 0 Å². The topological polar surface area (TPSA) is 52.6 Å². The van der Waals surface area contributed by atoms with Gasteiger partial charge in [0.05, 0.1) is 7.11 Å². The number of hydrogen-bond donors (Lipinski definition) is 0. The second-order valence-corrected chi connectivity index (χ2v) is 4.61. The van der Waals surface area contributed by atoms with Gasteiger partial charge in [0.15, 0.2) is 12.4 Å². The van der Waals surface area contributed by atoms with Crippen molar-refractivity contribution in [1.82, 2.24) is 0 Å². The van der Waals surface area contributed by atoms with E-state index in [1.165, 1.54) is 25.3 Å². The number of rotatable bonds is 6. The fourth-order valence-electron chi connectivity index (χ4n) is 1.79. The number of benzene rings is 2. The van der Waals surface area contributed by atoms with Crippen molar-refractivity contribution < 1.29 is 23.5 Å². The van der Waals surface area contributed by atoms with E-state index < -0.39 is 5.97 Å². The quantitative estimate of drug-likeness (QED) is 0.466. The molecule has 0 heterocycles. The summed E-state index contributed by atoms with van der Waals surface area (Å²) in [6, 6.07) is 12.5. The number of carbonyl (C=O) groups excluding carboxylic acids is 2. The molecule has 0 spiro atoms. The van der Waals surface area contributed by atoms with Crippen LogP contribution in [0.15, 0.2) is 54.6 Å². The molecule has 118 valence electrons. The van der Waals surface area contributed by atoms with Crippen LogP contribution in [0.25, 0.3) is 6.08 Å². The molecule has 0 unspecified atom stereocenters. The highest BCUT2D eigenvalue weighted by atomic mass is 19.1. The maximum Gasteiger partial charge on any atom is 0.343 e. The van der Waals surface area contributed by atoms with Gasteiger partial charge in [-0.15, -0.1) is 0 Å². The first-order valence-electron chi connectivity index (χ1n) is 6.87. The highest BCUT2D eigenvalue weighted by molar-refractivity contribution is 6.06. The maximum atomic E-state index is 13.5. The molecular weight excluding hydrogens is 299 g/mol. The van der Waals surface area contributed by atoms with E-state index in [0.717, 1.165) is 0 Å². The molecule has 2 aromatic carbocycles. The SMILES string of the molecule is COC(=O)COc1ccc(C(=O)C=Cc2ccccc2F)cc1. The van der Waals surface area contributed by atoms with E-state index in [1.54, 1.807) is 42.5 Å². The van der Waals surface area contributed by atoms with E-state index in [9.17, 15) is 14.0 Å². The van der Waals surface area contributed by atoms with Gasteiger partial charge in [0.25, 0.3) is 0 Å². The minimum atomic E-state index is -0.488. The summed E-state index contributed by atoms with van der Waals surface area (Å²) in [6.45, 7) is -0.197. The smallest absolute Gasteiger partial charge is 0.343 e. The van der Waals surface area contributed by atoms with Crippen molar-refractivity contribution in [2.75, 3.05) is 13.7 Å². The van der Waals surface area contributed by atoms with E-state index in [1.807, 2.05) is 0 Å². The highest BCUT2D eigenvalue weighted by Crippen LogP contribution is 2.14. The molecule has 0 fully saturated rings. The molecule has 0 aromatic heterocycles. The van der Waals surface area contributed by atoms with Crippen LogP contribution >= 0.6 is 0 Å².